The molecule has 1 aliphatic heterocycles. The SMILES string of the molecule is Cc1csc(N(C(=O)c2cccc(S(=O)(=O)N3CCCCC3)c2)c2ccccc2)n1. The molecule has 1 amide bonds. The molecule has 1 fully saturated rings. The Morgan fingerprint density at radius 1 is 1.03 bits per heavy atom. The van der Waals surface area contributed by atoms with Gasteiger partial charge in [-0.1, -0.05) is 30.7 Å². The zero-order valence-corrected chi connectivity index (χ0v) is 18.3. The largest absolute Gasteiger partial charge is 0.268 e. The molecule has 0 atom stereocenters. The van der Waals surface area contributed by atoms with Crippen LogP contribution in [0.25, 0.3) is 0 Å². The maximum atomic E-state index is 13.5. The summed E-state index contributed by atoms with van der Waals surface area (Å²) in [5.41, 5.74) is 1.82. The molecule has 1 aromatic heterocycles. The van der Waals surface area contributed by atoms with Gasteiger partial charge < -0.3 is 0 Å². The fourth-order valence-corrected chi connectivity index (χ4v) is 5.89. The Bertz CT molecular complexity index is 1140. The zero-order valence-electron chi connectivity index (χ0n) is 16.7. The number of nitrogens with zero attached hydrogens (tertiary/aromatic N) is 3. The summed E-state index contributed by atoms with van der Waals surface area (Å²) in [5.74, 6) is -0.314. The Hall–Kier alpha value is -2.55. The molecule has 0 unspecified atom stereocenters. The first kappa shape index (κ1) is 20.7. The molecule has 3 aromatic rings. The van der Waals surface area contributed by atoms with Crippen LogP contribution in [0.2, 0.25) is 0 Å². The van der Waals surface area contributed by atoms with Crippen LogP contribution in [0.3, 0.4) is 0 Å². The van der Waals surface area contributed by atoms with Gasteiger partial charge in [0.15, 0.2) is 5.13 Å². The van der Waals surface area contributed by atoms with Gasteiger partial charge in [0.1, 0.15) is 0 Å². The Morgan fingerprint density at radius 3 is 2.43 bits per heavy atom. The molecule has 0 spiro atoms. The van der Waals surface area contributed by atoms with E-state index in [1.165, 1.54) is 26.6 Å². The summed E-state index contributed by atoms with van der Waals surface area (Å²) in [6, 6.07) is 15.6. The van der Waals surface area contributed by atoms with Crippen molar-refractivity contribution in [3.63, 3.8) is 0 Å². The smallest absolute Gasteiger partial charge is 0.264 e. The molecule has 0 bridgehead atoms. The third-order valence-electron chi connectivity index (χ3n) is 5.05. The summed E-state index contributed by atoms with van der Waals surface area (Å²) in [6.45, 7) is 2.92. The molecule has 1 aliphatic rings. The average Bonchev–Trinajstić information content (AvgIpc) is 3.21. The second-order valence-corrected chi connectivity index (χ2v) is 10.0. The summed E-state index contributed by atoms with van der Waals surface area (Å²) >= 11 is 1.38. The molecule has 1 saturated heterocycles. The summed E-state index contributed by atoms with van der Waals surface area (Å²) in [6.07, 6.45) is 2.77. The van der Waals surface area contributed by atoms with E-state index in [2.05, 4.69) is 4.98 Å². The number of rotatable bonds is 5. The molecule has 156 valence electrons. The van der Waals surface area contributed by atoms with Crippen molar-refractivity contribution in [1.82, 2.24) is 9.29 Å². The molecular weight excluding hydrogens is 418 g/mol. The number of amides is 1. The number of thiazole rings is 1. The average molecular weight is 442 g/mol. The van der Waals surface area contributed by atoms with Crippen molar-refractivity contribution in [1.29, 1.82) is 0 Å². The van der Waals surface area contributed by atoms with E-state index in [-0.39, 0.29) is 10.8 Å². The number of hydrogen-bond donors (Lipinski definition) is 0. The Labute approximate surface area is 180 Å². The highest BCUT2D eigenvalue weighted by molar-refractivity contribution is 7.89. The van der Waals surface area contributed by atoms with E-state index in [1.54, 1.807) is 18.2 Å². The van der Waals surface area contributed by atoms with Gasteiger partial charge in [0.2, 0.25) is 10.0 Å². The fourth-order valence-electron chi connectivity index (χ4n) is 3.51. The second kappa shape index (κ2) is 8.67. The highest BCUT2D eigenvalue weighted by atomic mass is 32.2. The second-order valence-electron chi connectivity index (χ2n) is 7.24. The van der Waals surface area contributed by atoms with E-state index in [0.29, 0.717) is 29.5 Å². The number of aromatic nitrogens is 1. The van der Waals surface area contributed by atoms with Crippen molar-refractivity contribution in [3.8, 4) is 0 Å². The highest BCUT2D eigenvalue weighted by Gasteiger charge is 2.28. The summed E-state index contributed by atoms with van der Waals surface area (Å²) < 4.78 is 27.6. The maximum Gasteiger partial charge on any atom is 0.264 e. The van der Waals surface area contributed by atoms with E-state index in [9.17, 15) is 13.2 Å². The van der Waals surface area contributed by atoms with Crippen LogP contribution in [0.15, 0.2) is 64.9 Å². The van der Waals surface area contributed by atoms with E-state index >= 15 is 0 Å². The Kier molecular flexibility index (Phi) is 5.99. The van der Waals surface area contributed by atoms with Crippen molar-refractivity contribution < 1.29 is 13.2 Å². The molecule has 8 heteroatoms. The third kappa shape index (κ3) is 4.16. The maximum absolute atomic E-state index is 13.5. The molecule has 0 N–H and O–H groups in total. The lowest BCUT2D eigenvalue weighted by Crippen LogP contribution is -2.35. The van der Waals surface area contributed by atoms with Crippen LogP contribution < -0.4 is 4.90 Å². The lowest BCUT2D eigenvalue weighted by Gasteiger charge is -2.26. The monoisotopic (exact) mass is 441 g/mol. The number of para-hydroxylation sites is 1. The Balaban J connectivity index is 1.72. The number of carbonyl (C=O) groups excluding carboxylic acids is 1. The topological polar surface area (TPSA) is 70.6 Å². The van der Waals surface area contributed by atoms with Gasteiger partial charge in [-0.3, -0.25) is 9.69 Å². The van der Waals surface area contributed by atoms with Crippen LogP contribution in [-0.2, 0) is 10.0 Å². The van der Waals surface area contributed by atoms with Gasteiger partial charge in [-0.2, -0.15) is 4.31 Å². The molecule has 30 heavy (non-hydrogen) atoms. The van der Waals surface area contributed by atoms with Gasteiger partial charge in [0, 0.05) is 24.0 Å². The lowest BCUT2D eigenvalue weighted by molar-refractivity contribution is 0.0999. The standard InChI is InChI=1S/C22H23N3O3S2/c1-17-16-29-22(23-17)25(19-10-4-2-5-11-19)21(26)18-9-8-12-20(15-18)30(27,28)24-13-6-3-7-14-24/h2,4-5,8-12,15-16H,3,6-7,13-14H2,1H3. The minimum absolute atomic E-state index is 0.151. The lowest BCUT2D eigenvalue weighted by atomic mass is 10.2. The number of anilines is 2. The minimum atomic E-state index is -3.62. The highest BCUT2D eigenvalue weighted by Crippen LogP contribution is 2.31. The summed E-state index contributed by atoms with van der Waals surface area (Å²) in [5, 5.41) is 2.43. The first-order chi connectivity index (χ1) is 14.5. The van der Waals surface area contributed by atoms with E-state index < -0.39 is 10.0 Å². The minimum Gasteiger partial charge on any atom is -0.268 e. The van der Waals surface area contributed by atoms with Gasteiger partial charge in [-0.25, -0.2) is 13.4 Å². The van der Waals surface area contributed by atoms with Crippen molar-refractivity contribution >= 4 is 38.1 Å². The van der Waals surface area contributed by atoms with E-state index in [0.717, 1.165) is 25.0 Å². The first-order valence-electron chi connectivity index (χ1n) is 9.89. The first-order valence-corrected chi connectivity index (χ1v) is 12.2. The molecular formula is C22H23N3O3S2. The van der Waals surface area contributed by atoms with Gasteiger partial charge in [0.25, 0.3) is 5.91 Å². The van der Waals surface area contributed by atoms with Gasteiger partial charge in [-0.05, 0) is 50.1 Å². The molecule has 2 aromatic carbocycles. The molecule has 2 heterocycles. The number of aryl methyl sites for hydroxylation is 1. The fraction of sp³-hybridized carbons (Fsp3) is 0.273. The summed E-state index contributed by atoms with van der Waals surface area (Å²) in [4.78, 5) is 19.7. The van der Waals surface area contributed by atoms with Crippen LogP contribution in [0.5, 0.6) is 0 Å². The number of hydrogen-bond acceptors (Lipinski definition) is 5. The van der Waals surface area contributed by atoms with Gasteiger partial charge in [-0.15, -0.1) is 11.3 Å². The predicted octanol–water partition coefficient (Wildman–Crippen LogP) is 4.60. The van der Waals surface area contributed by atoms with Crippen LogP contribution in [0.4, 0.5) is 10.8 Å². The Morgan fingerprint density at radius 2 is 1.77 bits per heavy atom. The van der Waals surface area contributed by atoms with Gasteiger partial charge in [0.05, 0.1) is 16.3 Å². The van der Waals surface area contributed by atoms with Gasteiger partial charge >= 0.3 is 0 Å². The molecule has 4 rings (SSSR count). The van der Waals surface area contributed by atoms with Crippen LogP contribution in [-0.4, -0.2) is 36.7 Å². The van der Waals surface area contributed by atoms with Crippen LogP contribution in [0.1, 0.15) is 35.3 Å². The number of benzene rings is 2. The van der Waals surface area contributed by atoms with Crippen molar-refractivity contribution in [2.24, 2.45) is 0 Å². The predicted molar refractivity (Wildman–Crippen MR) is 119 cm³/mol. The number of carbonyl (C=O) groups is 1. The molecule has 6 nitrogen and oxygen atoms in total. The zero-order chi connectivity index (χ0) is 21.1. The van der Waals surface area contributed by atoms with E-state index in [1.807, 2.05) is 42.6 Å². The summed E-state index contributed by atoms with van der Waals surface area (Å²) in [7, 11) is -3.62. The van der Waals surface area contributed by atoms with E-state index in [4.69, 9.17) is 0 Å². The third-order valence-corrected chi connectivity index (χ3v) is 7.89. The molecule has 0 aliphatic carbocycles. The van der Waals surface area contributed by atoms with Crippen LogP contribution >= 0.6 is 11.3 Å². The normalized spacial score (nSPS) is 15.1. The molecule has 0 saturated carbocycles. The van der Waals surface area contributed by atoms with Crippen molar-refractivity contribution in [3.05, 3.63) is 71.2 Å². The van der Waals surface area contributed by atoms with Crippen LogP contribution in [0, 0.1) is 6.92 Å². The quantitative estimate of drug-likeness (QED) is 0.580. The van der Waals surface area contributed by atoms with Crippen molar-refractivity contribution in [2.45, 2.75) is 31.1 Å². The number of piperidine rings is 1. The molecule has 0 radical (unpaired) electrons. The van der Waals surface area contributed by atoms with Crippen molar-refractivity contribution in [2.75, 3.05) is 18.0 Å². The number of sulfonamides is 1.